The van der Waals surface area contributed by atoms with Gasteiger partial charge in [0.05, 0.1) is 13.2 Å². The Hall–Kier alpha value is -1.10. The largest absolute Gasteiger partial charge is 0.392 e. The molecule has 0 aromatic heterocycles. The number of likely N-dealkylation sites (N-methyl/N-ethyl adjacent to an activating group) is 1. The highest BCUT2D eigenvalue weighted by Crippen LogP contribution is 2.17. The number of aliphatic hydroxyl groups excluding tert-OH is 1. The summed E-state index contributed by atoms with van der Waals surface area (Å²) in [5, 5.41) is 9.42. The number of hydrogen-bond donors (Lipinski definition) is 1. The van der Waals surface area contributed by atoms with Crippen LogP contribution in [-0.4, -0.2) is 67.5 Å². The van der Waals surface area contributed by atoms with Crippen LogP contribution < -0.4 is 0 Å². The summed E-state index contributed by atoms with van der Waals surface area (Å²) >= 11 is 0. The molecular weight excluding hydrogens is 300 g/mol. The van der Waals surface area contributed by atoms with Gasteiger partial charge < -0.3 is 19.6 Å². The van der Waals surface area contributed by atoms with Crippen LogP contribution in [0.1, 0.15) is 40.0 Å². The fourth-order valence-electron chi connectivity index (χ4n) is 2.76. The van der Waals surface area contributed by atoms with Crippen molar-refractivity contribution in [3.05, 3.63) is 35.6 Å². The highest BCUT2D eigenvalue weighted by atomic mass is 16.5. The van der Waals surface area contributed by atoms with Gasteiger partial charge in [-0.3, -0.25) is 0 Å². The van der Waals surface area contributed by atoms with Crippen LogP contribution in [-0.2, 0) is 4.74 Å². The lowest BCUT2D eigenvalue weighted by Crippen LogP contribution is -2.35. The van der Waals surface area contributed by atoms with E-state index in [1.807, 2.05) is 12.2 Å². The van der Waals surface area contributed by atoms with Crippen molar-refractivity contribution in [2.75, 3.05) is 46.5 Å². The van der Waals surface area contributed by atoms with Crippen LogP contribution in [0.25, 0.3) is 0 Å². The minimum Gasteiger partial charge on any atom is -0.392 e. The summed E-state index contributed by atoms with van der Waals surface area (Å²) in [5.41, 5.74) is 2.28. The predicted molar refractivity (Wildman–Crippen MR) is 102 cm³/mol. The predicted octanol–water partition coefficient (Wildman–Crippen LogP) is 3.21. The topological polar surface area (TPSA) is 35.9 Å². The summed E-state index contributed by atoms with van der Waals surface area (Å²) in [7, 11) is 2.18. The van der Waals surface area contributed by atoms with E-state index in [0.29, 0.717) is 6.04 Å². The third-order valence-electron chi connectivity index (χ3n) is 4.60. The van der Waals surface area contributed by atoms with Crippen LogP contribution >= 0.6 is 0 Å². The molecule has 1 rings (SSSR count). The van der Waals surface area contributed by atoms with E-state index >= 15 is 0 Å². The molecule has 4 heteroatoms. The van der Waals surface area contributed by atoms with Gasteiger partial charge in [0, 0.05) is 44.4 Å². The van der Waals surface area contributed by atoms with Crippen LogP contribution in [0.4, 0.5) is 0 Å². The number of aliphatic hydroxyl groups is 1. The zero-order chi connectivity index (χ0) is 17.8. The Labute approximate surface area is 148 Å². The lowest BCUT2D eigenvalue weighted by molar-refractivity contribution is 0.0980. The molecule has 24 heavy (non-hydrogen) atoms. The van der Waals surface area contributed by atoms with E-state index in [9.17, 15) is 5.11 Å². The van der Waals surface area contributed by atoms with E-state index in [1.54, 1.807) is 0 Å². The molecule has 138 valence electrons. The van der Waals surface area contributed by atoms with Crippen molar-refractivity contribution in [2.24, 2.45) is 0 Å². The molecule has 1 atom stereocenters. The molecular formula is C20H36N2O2. The first-order chi connectivity index (χ1) is 11.6. The van der Waals surface area contributed by atoms with Crippen molar-refractivity contribution in [3.8, 4) is 0 Å². The first kappa shape index (κ1) is 20.9. The van der Waals surface area contributed by atoms with Gasteiger partial charge in [0.1, 0.15) is 0 Å². The van der Waals surface area contributed by atoms with E-state index in [2.05, 4.69) is 49.8 Å². The fourth-order valence-corrected chi connectivity index (χ4v) is 2.76. The van der Waals surface area contributed by atoms with E-state index in [-0.39, 0.29) is 6.61 Å². The number of rotatable bonds is 12. The molecule has 0 fully saturated rings. The first-order valence-electron chi connectivity index (χ1n) is 9.32. The normalized spacial score (nSPS) is 15.9. The Kier molecular flexibility index (Phi) is 10.7. The van der Waals surface area contributed by atoms with Crippen LogP contribution in [0.3, 0.4) is 0 Å². The van der Waals surface area contributed by atoms with Crippen molar-refractivity contribution >= 4 is 0 Å². The van der Waals surface area contributed by atoms with Crippen molar-refractivity contribution in [1.82, 2.24) is 9.80 Å². The molecule has 1 aliphatic carbocycles. The van der Waals surface area contributed by atoms with Crippen LogP contribution in [0, 0.1) is 0 Å². The molecule has 0 spiro atoms. The van der Waals surface area contributed by atoms with Crippen LogP contribution in [0.2, 0.25) is 0 Å². The maximum Gasteiger partial charge on any atom is 0.0682 e. The maximum absolute atomic E-state index is 9.42. The van der Waals surface area contributed by atoms with Crippen LogP contribution in [0.15, 0.2) is 35.6 Å². The minimum atomic E-state index is 0.0995. The summed E-state index contributed by atoms with van der Waals surface area (Å²) in [6.07, 6.45) is 11.5. The second-order valence-corrected chi connectivity index (χ2v) is 6.48. The zero-order valence-corrected chi connectivity index (χ0v) is 16.0. The molecule has 1 unspecified atom stereocenters. The van der Waals surface area contributed by atoms with E-state index in [0.717, 1.165) is 57.7 Å². The van der Waals surface area contributed by atoms with Gasteiger partial charge in [-0.15, -0.1) is 0 Å². The van der Waals surface area contributed by atoms with Gasteiger partial charge in [0.2, 0.25) is 0 Å². The number of nitrogens with zero attached hydrogens (tertiary/aromatic N) is 2. The average Bonchev–Trinajstić information content (AvgIpc) is 2.84. The molecule has 1 aliphatic rings. The Morgan fingerprint density at radius 3 is 2.71 bits per heavy atom. The van der Waals surface area contributed by atoms with Gasteiger partial charge in [0.15, 0.2) is 0 Å². The van der Waals surface area contributed by atoms with Crippen molar-refractivity contribution < 1.29 is 9.84 Å². The second-order valence-electron chi connectivity index (χ2n) is 6.48. The second kappa shape index (κ2) is 12.3. The summed E-state index contributed by atoms with van der Waals surface area (Å²) in [6.45, 7) is 11.4. The quantitative estimate of drug-likeness (QED) is 0.555. The SMILES string of the molecule is CCCOCCN(C)C(C)CCN(CC)C1=CC(CO)=CC=CC1. The molecule has 0 aliphatic heterocycles. The smallest absolute Gasteiger partial charge is 0.0682 e. The molecule has 0 aromatic carbocycles. The number of allylic oxidation sites excluding steroid dienone is 3. The molecule has 4 nitrogen and oxygen atoms in total. The third-order valence-corrected chi connectivity index (χ3v) is 4.60. The molecule has 0 saturated heterocycles. The Morgan fingerprint density at radius 1 is 1.25 bits per heavy atom. The molecule has 0 amide bonds. The Balaban J connectivity index is 2.46. The monoisotopic (exact) mass is 336 g/mol. The zero-order valence-electron chi connectivity index (χ0n) is 16.0. The third kappa shape index (κ3) is 7.65. The summed E-state index contributed by atoms with van der Waals surface area (Å²) in [5.74, 6) is 0. The van der Waals surface area contributed by atoms with E-state index in [4.69, 9.17) is 4.74 Å². The van der Waals surface area contributed by atoms with Crippen LogP contribution in [0.5, 0.6) is 0 Å². The van der Waals surface area contributed by atoms with Gasteiger partial charge in [0.25, 0.3) is 0 Å². The summed E-state index contributed by atoms with van der Waals surface area (Å²) < 4.78 is 5.58. The molecule has 0 radical (unpaired) electrons. The highest BCUT2D eigenvalue weighted by Gasteiger charge is 2.13. The fraction of sp³-hybridized carbons (Fsp3) is 0.700. The maximum atomic E-state index is 9.42. The Bertz CT molecular complexity index is 429. The van der Waals surface area contributed by atoms with Gasteiger partial charge >= 0.3 is 0 Å². The van der Waals surface area contributed by atoms with Gasteiger partial charge in [-0.05, 0) is 45.4 Å². The molecule has 0 aromatic rings. The molecule has 0 saturated carbocycles. The standard InChI is InChI=1S/C20H36N2O2/c1-5-14-24-15-13-21(4)18(3)11-12-22(6-2)20-10-8-7-9-19(16-20)17-23/h7-9,16,18,23H,5-6,10-15,17H2,1-4H3. The first-order valence-corrected chi connectivity index (χ1v) is 9.32. The van der Waals surface area contributed by atoms with Crippen molar-refractivity contribution in [1.29, 1.82) is 0 Å². The molecule has 0 bridgehead atoms. The van der Waals surface area contributed by atoms with E-state index < -0.39 is 0 Å². The summed E-state index contributed by atoms with van der Waals surface area (Å²) in [6, 6.07) is 0.527. The van der Waals surface area contributed by atoms with Crippen molar-refractivity contribution in [2.45, 2.75) is 46.1 Å². The lowest BCUT2D eigenvalue weighted by Gasteiger charge is -2.30. The number of hydrogen-bond acceptors (Lipinski definition) is 4. The van der Waals surface area contributed by atoms with E-state index in [1.165, 1.54) is 5.70 Å². The Morgan fingerprint density at radius 2 is 2.04 bits per heavy atom. The lowest BCUT2D eigenvalue weighted by atomic mass is 10.1. The molecule has 0 heterocycles. The number of ether oxygens (including phenoxy) is 1. The summed E-state index contributed by atoms with van der Waals surface area (Å²) in [4.78, 5) is 4.81. The van der Waals surface area contributed by atoms with Gasteiger partial charge in [-0.25, -0.2) is 0 Å². The molecule has 1 N–H and O–H groups in total. The van der Waals surface area contributed by atoms with Crippen molar-refractivity contribution in [3.63, 3.8) is 0 Å². The van der Waals surface area contributed by atoms with Gasteiger partial charge in [-0.2, -0.15) is 0 Å². The average molecular weight is 337 g/mol. The highest BCUT2D eigenvalue weighted by molar-refractivity contribution is 5.31. The minimum absolute atomic E-state index is 0.0995. The van der Waals surface area contributed by atoms with Gasteiger partial charge in [-0.1, -0.05) is 25.2 Å².